The van der Waals surface area contributed by atoms with Crippen LogP contribution in [0.3, 0.4) is 0 Å². The van der Waals surface area contributed by atoms with Gasteiger partial charge < -0.3 is 14.8 Å². The van der Waals surface area contributed by atoms with Crippen molar-refractivity contribution in [1.29, 1.82) is 0 Å². The summed E-state index contributed by atoms with van der Waals surface area (Å²) in [7, 11) is 1.58. The topological polar surface area (TPSA) is 60.5 Å². The Bertz CT molecular complexity index is 654. The normalized spacial score (nSPS) is 20.8. The molecule has 1 saturated heterocycles. The average Bonchev–Trinajstić information content (AvgIpc) is 3.16. The summed E-state index contributed by atoms with van der Waals surface area (Å²) in [5.74, 6) is 0.533. The van der Waals surface area contributed by atoms with Crippen molar-refractivity contribution in [1.82, 2.24) is 10.3 Å². The first-order valence-corrected chi connectivity index (χ1v) is 8.03. The molecule has 0 aromatic carbocycles. The van der Waals surface area contributed by atoms with E-state index in [-0.39, 0.29) is 18.1 Å². The molecule has 1 aliphatic rings. The van der Waals surface area contributed by atoms with Crippen molar-refractivity contribution < 1.29 is 14.3 Å². The van der Waals surface area contributed by atoms with Crippen LogP contribution in [0.4, 0.5) is 0 Å². The number of hydrogen-bond donors (Lipinski definition) is 1. The molecule has 2 aromatic heterocycles. The molecule has 0 saturated carbocycles. The van der Waals surface area contributed by atoms with Crippen molar-refractivity contribution in [3.63, 3.8) is 0 Å². The molecule has 22 heavy (non-hydrogen) atoms. The average molecular weight is 318 g/mol. The molecule has 0 radical (unpaired) electrons. The minimum Gasteiger partial charge on any atom is -0.481 e. The van der Waals surface area contributed by atoms with Crippen LogP contribution in [0.25, 0.3) is 0 Å². The van der Waals surface area contributed by atoms with Crippen molar-refractivity contribution in [3.05, 3.63) is 45.8 Å². The van der Waals surface area contributed by atoms with Gasteiger partial charge in [-0.2, -0.15) is 0 Å². The number of rotatable bonds is 4. The van der Waals surface area contributed by atoms with Gasteiger partial charge in [0.05, 0.1) is 18.0 Å². The number of ether oxygens (including phenoxy) is 2. The van der Waals surface area contributed by atoms with Crippen molar-refractivity contribution in [2.24, 2.45) is 0 Å². The highest BCUT2D eigenvalue weighted by Gasteiger charge is 2.31. The summed E-state index contributed by atoms with van der Waals surface area (Å²) in [5, 5.41) is 5.02. The van der Waals surface area contributed by atoms with E-state index in [9.17, 15) is 4.79 Å². The molecule has 2 aromatic rings. The number of pyridine rings is 1. The molecule has 0 aliphatic carbocycles. The number of carbonyl (C=O) groups is 1. The van der Waals surface area contributed by atoms with E-state index in [0.29, 0.717) is 12.5 Å². The lowest BCUT2D eigenvalue weighted by atomic mass is 10.0. The second-order valence-corrected chi connectivity index (χ2v) is 6.14. The van der Waals surface area contributed by atoms with Gasteiger partial charge in [0.1, 0.15) is 6.10 Å². The molecule has 1 aliphatic heterocycles. The van der Waals surface area contributed by atoms with Crippen LogP contribution < -0.4 is 10.1 Å². The Balaban J connectivity index is 1.72. The Morgan fingerprint density at radius 1 is 1.45 bits per heavy atom. The van der Waals surface area contributed by atoms with Gasteiger partial charge in [-0.3, -0.25) is 4.79 Å². The van der Waals surface area contributed by atoms with E-state index in [1.807, 2.05) is 24.4 Å². The lowest BCUT2D eigenvalue weighted by Gasteiger charge is -2.20. The molecular formula is C16H18N2O3S. The smallest absolute Gasteiger partial charge is 0.261 e. The Morgan fingerprint density at radius 2 is 2.32 bits per heavy atom. The molecule has 0 unspecified atom stereocenters. The SMILES string of the molecule is COc1ccc([C@H]2OCC[C@@H]2NC(=O)c2sccc2C)cn1. The summed E-state index contributed by atoms with van der Waals surface area (Å²) in [5.41, 5.74) is 1.95. The van der Waals surface area contributed by atoms with Gasteiger partial charge in [0, 0.05) is 24.4 Å². The maximum Gasteiger partial charge on any atom is 0.261 e. The highest BCUT2D eigenvalue weighted by Crippen LogP contribution is 2.30. The predicted molar refractivity (Wildman–Crippen MR) is 84.4 cm³/mol. The van der Waals surface area contributed by atoms with Crippen LogP contribution in [0, 0.1) is 6.92 Å². The summed E-state index contributed by atoms with van der Waals surface area (Å²) in [6.45, 7) is 2.58. The van der Waals surface area contributed by atoms with Crippen LogP contribution in [0.15, 0.2) is 29.8 Å². The minimum absolute atomic E-state index is 0.0329. The van der Waals surface area contributed by atoms with Crippen LogP contribution in [-0.4, -0.2) is 30.6 Å². The molecule has 5 nitrogen and oxygen atoms in total. The zero-order chi connectivity index (χ0) is 15.5. The van der Waals surface area contributed by atoms with E-state index < -0.39 is 0 Å². The summed E-state index contributed by atoms with van der Waals surface area (Å²) in [6, 6.07) is 5.65. The minimum atomic E-state index is -0.164. The van der Waals surface area contributed by atoms with E-state index in [2.05, 4.69) is 10.3 Å². The molecule has 1 fully saturated rings. The van der Waals surface area contributed by atoms with Gasteiger partial charge >= 0.3 is 0 Å². The molecule has 3 heterocycles. The second-order valence-electron chi connectivity index (χ2n) is 5.23. The fraction of sp³-hybridized carbons (Fsp3) is 0.375. The zero-order valence-corrected chi connectivity index (χ0v) is 13.4. The van der Waals surface area contributed by atoms with E-state index in [0.717, 1.165) is 22.4 Å². The Morgan fingerprint density at radius 3 is 2.95 bits per heavy atom. The highest BCUT2D eigenvalue weighted by molar-refractivity contribution is 7.12. The number of amides is 1. The van der Waals surface area contributed by atoms with Gasteiger partial charge in [0.25, 0.3) is 5.91 Å². The number of carbonyl (C=O) groups excluding carboxylic acids is 1. The summed E-state index contributed by atoms with van der Waals surface area (Å²) in [4.78, 5) is 17.3. The summed E-state index contributed by atoms with van der Waals surface area (Å²) >= 11 is 1.46. The molecule has 0 bridgehead atoms. The van der Waals surface area contributed by atoms with Gasteiger partial charge in [0.15, 0.2) is 0 Å². The second kappa shape index (κ2) is 6.46. The maximum absolute atomic E-state index is 12.4. The van der Waals surface area contributed by atoms with Gasteiger partial charge in [0.2, 0.25) is 5.88 Å². The third kappa shape index (κ3) is 2.98. The van der Waals surface area contributed by atoms with E-state index >= 15 is 0 Å². The summed E-state index contributed by atoms with van der Waals surface area (Å²) in [6.07, 6.45) is 2.37. The van der Waals surface area contributed by atoms with E-state index in [4.69, 9.17) is 9.47 Å². The number of aromatic nitrogens is 1. The van der Waals surface area contributed by atoms with Crippen LogP contribution in [0.2, 0.25) is 0 Å². The predicted octanol–water partition coefficient (Wildman–Crippen LogP) is 2.72. The zero-order valence-electron chi connectivity index (χ0n) is 12.5. The largest absolute Gasteiger partial charge is 0.481 e. The number of nitrogens with zero attached hydrogens (tertiary/aromatic N) is 1. The maximum atomic E-state index is 12.4. The van der Waals surface area contributed by atoms with Crippen molar-refractivity contribution in [2.45, 2.75) is 25.5 Å². The monoisotopic (exact) mass is 318 g/mol. The first-order chi connectivity index (χ1) is 10.7. The first kappa shape index (κ1) is 15.0. The fourth-order valence-electron chi connectivity index (χ4n) is 2.59. The van der Waals surface area contributed by atoms with Gasteiger partial charge in [-0.05, 0) is 36.4 Å². The third-order valence-corrected chi connectivity index (χ3v) is 4.79. The lowest BCUT2D eigenvalue weighted by Crippen LogP contribution is -2.36. The molecule has 3 rings (SSSR count). The van der Waals surface area contributed by atoms with E-state index in [1.165, 1.54) is 11.3 Å². The Labute approximate surface area is 133 Å². The molecule has 0 spiro atoms. The number of hydrogen-bond acceptors (Lipinski definition) is 5. The van der Waals surface area contributed by atoms with Gasteiger partial charge in [-0.25, -0.2) is 4.98 Å². The molecule has 1 amide bonds. The Hall–Kier alpha value is -1.92. The molecular weight excluding hydrogens is 300 g/mol. The number of thiophene rings is 1. The molecule has 6 heteroatoms. The fourth-order valence-corrected chi connectivity index (χ4v) is 3.41. The summed E-state index contributed by atoms with van der Waals surface area (Å²) < 4.78 is 10.8. The van der Waals surface area contributed by atoms with Crippen molar-refractivity contribution in [2.75, 3.05) is 13.7 Å². The molecule has 1 N–H and O–H groups in total. The lowest BCUT2D eigenvalue weighted by molar-refractivity contribution is 0.0822. The third-order valence-electron chi connectivity index (χ3n) is 3.77. The van der Waals surface area contributed by atoms with E-state index in [1.54, 1.807) is 19.4 Å². The van der Waals surface area contributed by atoms with Crippen LogP contribution in [0.5, 0.6) is 5.88 Å². The molecule has 2 atom stereocenters. The quantitative estimate of drug-likeness (QED) is 0.941. The molecule has 116 valence electrons. The Kier molecular flexibility index (Phi) is 4.40. The van der Waals surface area contributed by atoms with Gasteiger partial charge in [-0.15, -0.1) is 11.3 Å². The van der Waals surface area contributed by atoms with Crippen LogP contribution in [0.1, 0.15) is 33.3 Å². The highest BCUT2D eigenvalue weighted by atomic mass is 32.1. The standard InChI is InChI=1S/C16H18N2O3S/c1-10-6-8-22-15(10)16(19)18-12-5-7-21-14(12)11-3-4-13(20-2)17-9-11/h3-4,6,8-9,12,14H,5,7H2,1-2H3,(H,18,19)/t12-,14+/m0/s1. The van der Waals surface area contributed by atoms with Gasteiger partial charge in [-0.1, -0.05) is 0 Å². The van der Waals surface area contributed by atoms with Crippen molar-refractivity contribution in [3.8, 4) is 5.88 Å². The van der Waals surface area contributed by atoms with Crippen LogP contribution in [-0.2, 0) is 4.74 Å². The number of nitrogens with one attached hydrogen (secondary N) is 1. The number of methoxy groups -OCH3 is 1. The van der Waals surface area contributed by atoms with Crippen LogP contribution >= 0.6 is 11.3 Å². The van der Waals surface area contributed by atoms with Crippen molar-refractivity contribution >= 4 is 17.2 Å². The number of aryl methyl sites for hydroxylation is 1. The first-order valence-electron chi connectivity index (χ1n) is 7.15.